The van der Waals surface area contributed by atoms with Gasteiger partial charge in [0.2, 0.25) is 0 Å². The zero-order valence-electron chi connectivity index (χ0n) is 18.2. The second-order valence-electron chi connectivity index (χ2n) is 9.50. The number of ketones is 1. The molecule has 0 aromatic heterocycles. The van der Waals surface area contributed by atoms with Crippen molar-refractivity contribution in [1.82, 2.24) is 0 Å². The van der Waals surface area contributed by atoms with Gasteiger partial charge in [-0.15, -0.1) is 0 Å². The molecule has 0 amide bonds. The lowest BCUT2D eigenvalue weighted by Crippen LogP contribution is -2.43. The summed E-state index contributed by atoms with van der Waals surface area (Å²) < 4.78 is 17.4. The summed E-state index contributed by atoms with van der Waals surface area (Å²) in [6.45, 7) is 7.32. The Morgan fingerprint density at radius 1 is 1.28 bits per heavy atom. The Kier molecular flexibility index (Phi) is 5.60. The number of aryl methyl sites for hydroxylation is 1. The van der Waals surface area contributed by atoms with Crippen LogP contribution in [0.3, 0.4) is 0 Å². The molecule has 4 rings (SSSR count). The van der Waals surface area contributed by atoms with Gasteiger partial charge >= 0.3 is 0 Å². The highest BCUT2D eigenvalue weighted by atomic mass is 16.6. The molecule has 29 heavy (non-hydrogen) atoms. The van der Waals surface area contributed by atoms with E-state index >= 15 is 0 Å². The smallest absolute Gasteiger partial charge is 0.136 e. The van der Waals surface area contributed by atoms with Gasteiger partial charge in [0.05, 0.1) is 31.0 Å². The highest BCUT2D eigenvalue weighted by Gasteiger charge is 2.68. The van der Waals surface area contributed by atoms with Crippen molar-refractivity contribution in [3.8, 4) is 5.75 Å². The second kappa shape index (κ2) is 7.88. The van der Waals surface area contributed by atoms with Crippen molar-refractivity contribution in [3.63, 3.8) is 0 Å². The van der Waals surface area contributed by atoms with E-state index in [4.69, 9.17) is 14.2 Å². The minimum absolute atomic E-state index is 0.0266. The second-order valence-corrected chi connectivity index (χ2v) is 9.50. The van der Waals surface area contributed by atoms with Gasteiger partial charge in [0, 0.05) is 18.3 Å². The zero-order chi connectivity index (χ0) is 20.6. The van der Waals surface area contributed by atoms with Crippen molar-refractivity contribution in [2.24, 2.45) is 11.8 Å². The predicted octanol–water partition coefficient (Wildman–Crippen LogP) is 4.90. The van der Waals surface area contributed by atoms with Crippen LogP contribution in [0.2, 0.25) is 0 Å². The van der Waals surface area contributed by atoms with Gasteiger partial charge in [-0.25, -0.2) is 0 Å². The van der Waals surface area contributed by atoms with Crippen LogP contribution in [-0.2, 0) is 20.7 Å². The Morgan fingerprint density at radius 2 is 2.00 bits per heavy atom. The Labute approximate surface area is 174 Å². The van der Waals surface area contributed by atoms with Crippen LogP contribution in [0.25, 0.3) is 0 Å². The Hall–Kier alpha value is -1.65. The van der Waals surface area contributed by atoms with Gasteiger partial charge in [0.15, 0.2) is 0 Å². The van der Waals surface area contributed by atoms with Gasteiger partial charge < -0.3 is 14.2 Å². The molecule has 0 N–H and O–H groups in total. The van der Waals surface area contributed by atoms with Gasteiger partial charge in [-0.2, -0.15) is 0 Å². The quantitative estimate of drug-likeness (QED) is 0.462. The van der Waals surface area contributed by atoms with E-state index in [0.29, 0.717) is 18.1 Å². The maximum absolute atomic E-state index is 13.0. The van der Waals surface area contributed by atoms with Crippen molar-refractivity contribution >= 4 is 5.78 Å². The number of ether oxygens (including phenoxy) is 3. The fourth-order valence-electron chi connectivity index (χ4n) is 5.16. The standard InChI is InChI=1S/C25H34O4/c1-17(2)5-12-23-24(3,29-23)22-15-19(13-14-25(22)16-28-25)21(26)11-8-18-6-9-20(27-4)10-7-18/h5-7,9-10,19,22-23H,8,11-16H2,1-4H3/t19?,22-,23-,24+,25+/m1/s1. The van der Waals surface area contributed by atoms with E-state index in [9.17, 15) is 4.79 Å². The molecule has 0 radical (unpaired) electrons. The summed E-state index contributed by atoms with van der Waals surface area (Å²) >= 11 is 0. The minimum atomic E-state index is -0.141. The molecule has 1 aromatic rings. The molecule has 3 fully saturated rings. The SMILES string of the molecule is COc1ccc(CCC(=O)C2CC[C@]3(CO3)[C@@H]([C@]3(C)O[C@@H]3CC=C(C)C)C2)cc1. The van der Waals surface area contributed by atoms with Crippen LogP contribution in [0, 0.1) is 11.8 Å². The number of carbonyl (C=O) groups excluding carboxylic acids is 1. The van der Waals surface area contributed by atoms with Crippen LogP contribution >= 0.6 is 0 Å². The molecule has 4 nitrogen and oxygen atoms in total. The van der Waals surface area contributed by atoms with Gasteiger partial charge in [-0.3, -0.25) is 4.79 Å². The van der Waals surface area contributed by atoms with Crippen LogP contribution in [0.5, 0.6) is 5.75 Å². The Morgan fingerprint density at radius 3 is 2.62 bits per heavy atom. The maximum atomic E-state index is 13.0. The Balaban J connectivity index is 1.35. The molecule has 2 aliphatic heterocycles. The number of methoxy groups -OCH3 is 1. The van der Waals surface area contributed by atoms with E-state index in [1.807, 2.05) is 12.1 Å². The largest absolute Gasteiger partial charge is 0.497 e. The first-order valence-electron chi connectivity index (χ1n) is 11.0. The summed E-state index contributed by atoms with van der Waals surface area (Å²) in [6, 6.07) is 8.02. The highest BCUT2D eigenvalue weighted by Crippen LogP contribution is 2.59. The number of epoxide rings is 2. The molecular weight excluding hydrogens is 364 g/mol. The van der Waals surface area contributed by atoms with Crippen molar-refractivity contribution < 1.29 is 19.0 Å². The molecule has 1 aliphatic carbocycles. The monoisotopic (exact) mass is 398 g/mol. The zero-order valence-corrected chi connectivity index (χ0v) is 18.2. The number of benzene rings is 1. The van der Waals surface area contributed by atoms with Crippen molar-refractivity contribution in [3.05, 3.63) is 41.5 Å². The number of carbonyl (C=O) groups is 1. The number of rotatable bonds is 8. The average molecular weight is 399 g/mol. The minimum Gasteiger partial charge on any atom is -0.497 e. The lowest BCUT2D eigenvalue weighted by atomic mass is 9.66. The first-order chi connectivity index (χ1) is 13.9. The molecule has 1 aromatic carbocycles. The van der Waals surface area contributed by atoms with E-state index in [-0.39, 0.29) is 23.2 Å². The summed E-state index contributed by atoms with van der Waals surface area (Å²) in [6.07, 6.45) is 7.73. The number of Topliss-reactive ketones (excluding diaryl/α,β-unsaturated/α-hetero) is 1. The van der Waals surface area contributed by atoms with Gasteiger partial charge in [0.25, 0.3) is 0 Å². The van der Waals surface area contributed by atoms with Gasteiger partial charge in [0.1, 0.15) is 11.5 Å². The molecule has 2 saturated heterocycles. The molecule has 158 valence electrons. The van der Waals surface area contributed by atoms with E-state index in [0.717, 1.165) is 44.5 Å². The van der Waals surface area contributed by atoms with Crippen molar-refractivity contribution in [1.29, 1.82) is 0 Å². The third-order valence-electron chi connectivity index (χ3n) is 7.27. The number of hydrogen-bond acceptors (Lipinski definition) is 4. The van der Waals surface area contributed by atoms with Gasteiger partial charge in [-0.1, -0.05) is 23.8 Å². The van der Waals surface area contributed by atoms with Crippen LogP contribution in [-0.4, -0.2) is 36.8 Å². The normalized spacial score (nSPS) is 35.2. The molecule has 0 bridgehead atoms. The molecule has 2 heterocycles. The molecule has 1 spiro atoms. The Bertz CT molecular complexity index is 773. The van der Waals surface area contributed by atoms with Crippen molar-refractivity contribution in [2.75, 3.05) is 13.7 Å². The van der Waals surface area contributed by atoms with Crippen LogP contribution in [0.15, 0.2) is 35.9 Å². The van der Waals surface area contributed by atoms with E-state index in [1.54, 1.807) is 7.11 Å². The molecule has 3 aliphatic rings. The topological polar surface area (TPSA) is 51.4 Å². The highest BCUT2D eigenvalue weighted by molar-refractivity contribution is 5.81. The van der Waals surface area contributed by atoms with Gasteiger partial charge in [-0.05, 0) is 70.6 Å². The van der Waals surface area contributed by atoms with Crippen LogP contribution in [0.4, 0.5) is 0 Å². The lowest BCUT2D eigenvalue weighted by Gasteiger charge is -2.36. The molecule has 4 heteroatoms. The summed E-state index contributed by atoms with van der Waals surface area (Å²) in [4.78, 5) is 13.0. The number of hydrogen-bond donors (Lipinski definition) is 0. The predicted molar refractivity (Wildman–Crippen MR) is 113 cm³/mol. The fourth-order valence-corrected chi connectivity index (χ4v) is 5.16. The summed E-state index contributed by atoms with van der Waals surface area (Å²) in [7, 11) is 1.67. The summed E-state index contributed by atoms with van der Waals surface area (Å²) in [5, 5.41) is 0. The summed E-state index contributed by atoms with van der Waals surface area (Å²) in [5.74, 6) is 1.71. The van der Waals surface area contributed by atoms with Crippen molar-refractivity contribution in [2.45, 2.75) is 76.6 Å². The maximum Gasteiger partial charge on any atom is 0.136 e. The van der Waals surface area contributed by atoms with E-state index in [1.165, 1.54) is 11.1 Å². The van der Waals surface area contributed by atoms with E-state index in [2.05, 4.69) is 39.0 Å². The van der Waals surface area contributed by atoms with Crippen LogP contribution < -0.4 is 4.74 Å². The van der Waals surface area contributed by atoms with Crippen LogP contribution in [0.1, 0.15) is 58.4 Å². The van der Waals surface area contributed by atoms with E-state index < -0.39 is 0 Å². The fraction of sp³-hybridized carbons (Fsp3) is 0.640. The molecule has 1 saturated carbocycles. The lowest BCUT2D eigenvalue weighted by molar-refractivity contribution is -0.125. The number of allylic oxidation sites excluding steroid dienone is 1. The molecular formula is C25H34O4. The first kappa shape index (κ1) is 20.6. The summed E-state index contributed by atoms with van der Waals surface area (Å²) in [5.41, 5.74) is 2.35. The molecule has 5 atom stereocenters. The molecule has 1 unspecified atom stereocenters. The third-order valence-corrected chi connectivity index (χ3v) is 7.27. The first-order valence-corrected chi connectivity index (χ1v) is 11.0. The average Bonchev–Trinajstić information content (AvgIpc) is 3.63. The third kappa shape index (κ3) is 4.29.